The SMILES string of the molecule is CC(O)[C@@H](NC(=O)C[C@@H](O)C[C@@H](O)[C@@H](CO)NC(=O)c1ccccc1O)C(=O)N[C@@H](CO)C(=O)N[C@@H](CO)C(=O)N[C@H]1Cc2cc(O)c(O)cc2[N+](C)(C)C1. The van der Waals surface area contributed by atoms with Crippen molar-refractivity contribution in [2.45, 2.75) is 74.7 Å². The molecule has 304 valence electrons. The van der Waals surface area contributed by atoms with Gasteiger partial charge in [-0.2, -0.15) is 0 Å². The van der Waals surface area contributed by atoms with Gasteiger partial charge in [-0.3, -0.25) is 28.5 Å². The maximum absolute atomic E-state index is 13.1. The number of fused-ring (bicyclic) bond motifs is 1. The predicted octanol–water partition coefficient (Wildman–Crippen LogP) is -4.48. The summed E-state index contributed by atoms with van der Waals surface area (Å²) in [4.78, 5) is 64.4. The van der Waals surface area contributed by atoms with Gasteiger partial charge in [0, 0.05) is 24.5 Å². The fourth-order valence-electron chi connectivity index (χ4n) is 6.19. The molecule has 8 atom stereocenters. The van der Waals surface area contributed by atoms with Crippen molar-refractivity contribution in [3.05, 3.63) is 47.5 Å². The fraction of sp³-hybridized carbons (Fsp3) is 0.514. The van der Waals surface area contributed by atoms with E-state index in [0.29, 0.717) is 12.1 Å². The summed E-state index contributed by atoms with van der Waals surface area (Å²) in [6, 6.07) is 1.56. The van der Waals surface area contributed by atoms with E-state index < -0.39 is 111 Å². The van der Waals surface area contributed by atoms with Crippen LogP contribution in [0, 0.1) is 0 Å². The maximum atomic E-state index is 13.1. The Morgan fingerprint density at radius 3 is 1.98 bits per heavy atom. The molecule has 0 spiro atoms. The highest BCUT2D eigenvalue weighted by atomic mass is 16.3. The Morgan fingerprint density at radius 1 is 0.782 bits per heavy atom. The summed E-state index contributed by atoms with van der Waals surface area (Å²) >= 11 is 0. The number of hydrogen-bond acceptors (Lipinski definition) is 14. The van der Waals surface area contributed by atoms with E-state index in [0.717, 1.165) is 12.6 Å². The first-order valence-electron chi connectivity index (χ1n) is 17.4. The topological polar surface area (TPSA) is 328 Å². The van der Waals surface area contributed by atoms with Crippen LogP contribution in [0.15, 0.2) is 36.4 Å². The third kappa shape index (κ3) is 11.9. The van der Waals surface area contributed by atoms with E-state index >= 15 is 0 Å². The predicted molar refractivity (Wildman–Crippen MR) is 193 cm³/mol. The molecule has 5 amide bonds. The van der Waals surface area contributed by atoms with E-state index in [1.807, 2.05) is 14.1 Å². The maximum Gasteiger partial charge on any atom is 0.255 e. The van der Waals surface area contributed by atoms with Crippen LogP contribution in [0.4, 0.5) is 5.69 Å². The van der Waals surface area contributed by atoms with E-state index in [1.54, 1.807) is 0 Å². The summed E-state index contributed by atoms with van der Waals surface area (Å²) in [6.45, 7) is -1.15. The number of amides is 5. The van der Waals surface area contributed by atoms with Gasteiger partial charge in [-0.1, -0.05) is 12.1 Å². The van der Waals surface area contributed by atoms with Crippen LogP contribution >= 0.6 is 0 Å². The first-order valence-corrected chi connectivity index (χ1v) is 17.4. The molecule has 1 aliphatic rings. The molecule has 0 bridgehead atoms. The van der Waals surface area contributed by atoms with Gasteiger partial charge in [0.05, 0.1) is 76.3 Å². The summed E-state index contributed by atoms with van der Waals surface area (Å²) in [5.41, 5.74) is 1.24. The fourth-order valence-corrected chi connectivity index (χ4v) is 6.19. The molecule has 55 heavy (non-hydrogen) atoms. The second-order valence-corrected chi connectivity index (χ2v) is 14.0. The summed E-state index contributed by atoms with van der Waals surface area (Å²) in [5.74, 6) is -5.81. The molecular weight excluding hydrogens is 728 g/mol. The lowest BCUT2D eigenvalue weighted by atomic mass is 9.95. The summed E-state index contributed by atoms with van der Waals surface area (Å²) < 4.78 is 0.219. The Kier molecular flexibility index (Phi) is 15.7. The minimum atomic E-state index is -1.72. The number of aliphatic hydroxyl groups excluding tert-OH is 6. The lowest BCUT2D eigenvalue weighted by molar-refractivity contribution is -0.136. The lowest BCUT2D eigenvalue weighted by Gasteiger charge is -2.39. The number of carbonyl (C=O) groups is 5. The number of likely N-dealkylation sites (N-methyl/N-ethyl adjacent to an activating group) is 1. The number of aliphatic hydroxyl groups is 6. The highest BCUT2D eigenvalue weighted by Crippen LogP contribution is 2.38. The van der Waals surface area contributed by atoms with E-state index in [4.69, 9.17) is 0 Å². The van der Waals surface area contributed by atoms with Crippen LogP contribution in [0.3, 0.4) is 0 Å². The first kappa shape index (κ1) is 44.3. The van der Waals surface area contributed by atoms with Crippen LogP contribution in [0.2, 0.25) is 0 Å². The zero-order valence-corrected chi connectivity index (χ0v) is 30.5. The quantitative estimate of drug-likeness (QED) is 0.0502. The number of benzene rings is 2. The standard InChI is InChI=1S/C35H50N6O14/c1-17(45)31(40-30(51)11-20(46)10-27(48)22(14-42)37-32(52)21-6-4-5-7-26(21)47)35(55)39-24(16-44)34(54)38-23(15-43)33(53)36-19-8-18-9-28(49)29(50)12-25(18)41(2,3)13-19/h4-7,9,12,17,19-20,22-24,27,31,42-46,48H,8,10-11,13-16H2,1-3H3,(H7-,36,37,38,39,40,47,49,50,51,52,53,54,55)/p+1/t17?,19-,20-,22+,23-,24-,27+,31+/m0/s1. The van der Waals surface area contributed by atoms with Crippen LogP contribution in [0.1, 0.15) is 35.7 Å². The van der Waals surface area contributed by atoms with Crippen LogP contribution in [-0.4, -0.2) is 164 Å². The zero-order chi connectivity index (χ0) is 41.2. The van der Waals surface area contributed by atoms with Crippen molar-refractivity contribution in [2.24, 2.45) is 0 Å². The number of nitrogens with one attached hydrogen (secondary N) is 5. The van der Waals surface area contributed by atoms with Gasteiger partial charge in [-0.05, 0) is 25.1 Å². The Morgan fingerprint density at radius 2 is 1.38 bits per heavy atom. The second-order valence-electron chi connectivity index (χ2n) is 14.0. The summed E-state index contributed by atoms with van der Waals surface area (Å²) in [7, 11) is 3.64. The molecule has 0 radical (unpaired) electrons. The number of hydrogen-bond donors (Lipinski definition) is 14. The summed E-state index contributed by atoms with van der Waals surface area (Å²) in [5, 5.41) is 102. The third-order valence-corrected chi connectivity index (χ3v) is 9.09. The number of aromatic hydroxyl groups is 3. The largest absolute Gasteiger partial charge is 0.507 e. The molecule has 20 nitrogen and oxygen atoms in total. The molecule has 0 saturated carbocycles. The average Bonchev–Trinajstić information content (AvgIpc) is 3.10. The van der Waals surface area contributed by atoms with E-state index in [-0.39, 0.29) is 33.7 Å². The molecule has 0 saturated heterocycles. The van der Waals surface area contributed by atoms with Gasteiger partial charge < -0.3 is 72.5 Å². The minimum absolute atomic E-state index is 0.132. The molecule has 20 heteroatoms. The molecule has 0 fully saturated rings. The highest BCUT2D eigenvalue weighted by molar-refractivity contribution is 5.97. The lowest BCUT2D eigenvalue weighted by Crippen LogP contribution is -2.62. The van der Waals surface area contributed by atoms with Crippen LogP contribution < -0.4 is 31.1 Å². The number of phenols is 3. The Hall–Kier alpha value is -5.09. The number of carbonyl (C=O) groups excluding carboxylic acids is 5. The average molecular weight is 780 g/mol. The van der Waals surface area contributed by atoms with Gasteiger partial charge in [0.1, 0.15) is 36.1 Å². The molecule has 2 aromatic carbocycles. The first-order chi connectivity index (χ1) is 25.8. The van der Waals surface area contributed by atoms with Gasteiger partial charge in [0.15, 0.2) is 11.5 Å². The van der Waals surface area contributed by atoms with Crippen molar-refractivity contribution in [1.29, 1.82) is 0 Å². The Labute approximate surface area is 316 Å². The molecule has 14 N–H and O–H groups in total. The van der Waals surface area contributed by atoms with Crippen LogP contribution in [-0.2, 0) is 25.6 Å². The van der Waals surface area contributed by atoms with Crippen molar-refractivity contribution >= 4 is 35.2 Å². The van der Waals surface area contributed by atoms with Crippen molar-refractivity contribution in [3.8, 4) is 17.2 Å². The van der Waals surface area contributed by atoms with Crippen molar-refractivity contribution in [1.82, 2.24) is 31.1 Å². The molecular formula is C35H51N6O14+. The normalized spacial score (nSPS) is 18.5. The number of phenolic OH excluding ortho intramolecular Hbond substituents is 3. The molecule has 0 aromatic heterocycles. The van der Waals surface area contributed by atoms with E-state index in [1.165, 1.54) is 36.4 Å². The summed E-state index contributed by atoms with van der Waals surface area (Å²) in [6.07, 6.45) is -5.70. The van der Waals surface area contributed by atoms with Gasteiger partial charge in [-0.15, -0.1) is 0 Å². The number of rotatable bonds is 18. The van der Waals surface area contributed by atoms with Gasteiger partial charge >= 0.3 is 0 Å². The molecule has 2 aromatic rings. The van der Waals surface area contributed by atoms with E-state index in [9.17, 15) is 69.9 Å². The smallest absolute Gasteiger partial charge is 0.255 e. The molecule has 0 aliphatic carbocycles. The van der Waals surface area contributed by atoms with Gasteiger partial charge in [0.25, 0.3) is 5.91 Å². The minimum Gasteiger partial charge on any atom is -0.507 e. The van der Waals surface area contributed by atoms with Crippen molar-refractivity contribution in [2.75, 3.05) is 40.5 Å². The molecule has 3 rings (SSSR count). The Balaban J connectivity index is 1.55. The van der Waals surface area contributed by atoms with Crippen LogP contribution in [0.5, 0.6) is 17.2 Å². The van der Waals surface area contributed by atoms with Gasteiger partial charge in [0.2, 0.25) is 23.6 Å². The van der Waals surface area contributed by atoms with Crippen molar-refractivity contribution < 1.29 is 69.9 Å². The zero-order valence-electron chi connectivity index (χ0n) is 30.5. The third-order valence-electron chi connectivity index (χ3n) is 9.09. The second kappa shape index (κ2) is 19.5. The molecule has 1 heterocycles. The Bertz CT molecular complexity index is 1690. The van der Waals surface area contributed by atoms with Crippen LogP contribution in [0.25, 0.3) is 0 Å². The molecule has 1 aliphatic heterocycles. The van der Waals surface area contributed by atoms with Crippen molar-refractivity contribution in [3.63, 3.8) is 0 Å². The molecule has 1 unspecified atom stereocenters. The van der Waals surface area contributed by atoms with E-state index in [2.05, 4.69) is 26.6 Å². The number of para-hydroxylation sites is 1. The number of quaternary nitrogens is 1. The monoisotopic (exact) mass is 779 g/mol. The number of nitrogens with zero attached hydrogens (tertiary/aromatic N) is 1. The van der Waals surface area contributed by atoms with Gasteiger partial charge in [-0.25, -0.2) is 0 Å². The highest BCUT2D eigenvalue weighted by Gasteiger charge is 2.37.